The van der Waals surface area contributed by atoms with Gasteiger partial charge in [-0.25, -0.2) is 0 Å². The average molecular weight is 452 g/mol. The summed E-state index contributed by atoms with van der Waals surface area (Å²) in [7, 11) is 0. The van der Waals surface area contributed by atoms with Crippen molar-refractivity contribution in [1.82, 2.24) is 9.88 Å². The molecular weight excluding hydrogens is 432 g/mol. The number of hydrogen-bond donors (Lipinski definition) is 1. The number of H-pyrrole nitrogens is 1. The number of carbonyl (C=O) groups excluding carboxylic acids is 4. The van der Waals surface area contributed by atoms with Gasteiger partial charge in [0.25, 0.3) is 11.8 Å². The number of amides is 2. The minimum absolute atomic E-state index is 0.131. The Morgan fingerprint density at radius 1 is 0.824 bits per heavy atom. The summed E-state index contributed by atoms with van der Waals surface area (Å²) in [6.45, 7) is -0.131. The summed E-state index contributed by atoms with van der Waals surface area (Å²) in [6, 6.07) is 22.7. The maximum atomic E-state index is 13.5. The van der Waals surface area contributed by atoms with Gasteiger partial charge in [-0.1, -0.05) is 60.7 Å². The average Bonchev–Trinajstić information content (AvgIpc) is 3.41. The first-order valence-electron chi connectivity index (χ1n) is 10.8. The minimum Gasteiger partial charge on any atom is -0.449 e. The van der Waals surface area contributed by atoms with Gasteiger partial charge in [0.15, 0.2) is 6.10 Å². The maximum Gasteiger partial charge on any atom is 0.308 e. The zero-order chi connectivity index (χ0) is 23.7. The number of Topliss-reactive ketones (excluding diaryl/α,β-unsaturated/α-hetero) is 1. The van der Waals surface area contributed by atoms with Crippen molar-refractivity contribution >= 4 is 34.5 Å². The number of aromatic nitrogens is 1. The summed E-state index contributed by atoms with van der Waals surface area (Å²) in [5.41, 5.74) is 2.38. The SMILES string of the molecule is O=C(CCN1C(=O)c2ccccc2C1=O)OC(C(=O)c1c[nH]c2ccccc12)c1ccccc1. The second kappa shape index (κ2) is 8.78. The van der Waals surface area contributed by atoms with Crippen LogP contribution in [0.3, 0.4) is 0 Å². The number of nitrogens with zero attached hydrogens (tertiary/aromatic N) is 1. The molecule has 168 valence electrons. The van der Waals surface area contributed by atoms with Crippen LogP contribution in [0.15, 0.2) is 85.1 Å². The molecular formula is C27H20N2O5. The first-order valence-corrected chi connectivity index (χ1v) is 10.8. The van der Waals surface area contributed by atoms with Gasteiger partial charge in [-0.3, -0.25) is 24.1 Å². The van der Waals surface area contributed by atoms with Gasteiger partial charge in [-0.05, 0) is 18.2 Å². The van der Waals surface area contributed by atoms with Crippen molar-refractivity contribution < 1.29 is 23.9 Å². The Hall–Kier alpha value is -4.52. The van der Waals surface area contributed by atoms with Crippen molar-refractivity contribution in [3.8, 4) is 0 Å². The van der Waals surface area contributed by atoms with Crippen molar-refractivity contribution in [1.29, 1.82) is 0 Å². The van der Waals surface area contributed by atoms with Crippen molar-refractivity contribution in [2.75, 3.05) is 6.54 Å². The van der Waals surface area contributed by atoms with Crippen LogP contribution < -0.4 is 0 Å². The number of benzene rings is 3. The summed E-state index contributed by atoms with van der Waals surface area (Å²) in [4.78, 5) is 55.4. The van der Waals surface area contributed by atoms with Gasteiger partial charge in [0.05, 0.1) is 17.5 Å². The number of esters is 1. The van der Waals surface area contributed by atoms with Crippen LogP contribution in [-0.4, -0.2) is 40.0 Å². The highest BCUT2D eigenvalue weighted by Gasteiger charge is 2.35. The first kappa shape index (κ1) is 21.3. The van der Waals surface area contributed by atoms with Crippen LogP contribution in [0.2, 0.25) is 0 Å². The smallest absolute Gasteiger partial charge is 0.308 e. The molecule has 5 rings (SSSR count). The van der Waals surface area contributed by atoms with Crippen LogP contribution in [0.25, 0.3) is 10.9 Å². The Morgan fingerprint density at radius 3 is 2.15 bits per heavy atom. The standard InChI is InChI=1S/C27H20N2O5/c30-23(14-15-29-26(32)19-11-4-5-12-20(19)27(29)33)34-25(17-8-2-1-3-9-17)24(31)21-16-28-22-13-7-6-10-18(21)22/h1-13,16,25,28H,14-15H2. The maximum absolute atomic E-state index is 13.5. The van der Waals surface area contributed by atoms with Crippen molar-refractivity contribution in [3.05, 3.63) is 107 Å². The molecule has 1 aliphatic heterocycles. The van der Waals surface area contributed by atoms with E-state index in [0.29, 0.717) is 22.3 Å². The van der Waals surface area contributed by atoms with Crippen molar-refractivity contribution in [2.24, 2.45) is 0 Å². The zero-order valence-electron chi connectivity index (χ0n) is 18.1. The van der Waals surface area contributed by atoms with Gasteiger partial charge in [0.2, 0.25) is 5.78 Å². The predicted molar refractivity (Wildman–Crippen MR) is 124 cm³/mol. The van der Waals surface area contributed by atoms with E-state index in [-0.39, 0.29) is 18.7 Å². The third-order valence-electron chi connectivity index (χ3n) is 5.86. The third kappa shape index (κ3) is 3.77. The molecule has 1 unspecified atom stereocenters. The van der Waals surface area contributed by atoms with E-state index in [1.807, 2.05) is 24.3 Å². The summed E-state index contributed by atoms with van der Waals surface area (Å²) in [5.74, 6) is -1.93. The number of ketones is 1. The van der Waals surface area contributed by atoms with E-state index in [1.54, 1.807) is 60.8 Å². The topological polar surface area (TPSA) is 96.5 Å². The zero-order valence-corrected chi connectivity index (χ0v) is 18.1. The van der Waals surface area contributed by atoms with E-state index < -0.39 is 23.9 Å². The molecule has 2 amide bonds. The van der Waals surface area contributed by atoms with E-state index >= 15 is 0 Å². The van der Waals surface area contributed by atoms with Gasteiger partial charge >= 0.3 is 5.97 Å². The van der Waals surface area contributed by atoms with Crippen LogP contribution >= 0.6 is 0 Å². The first-order chi connectivity index (χ1) is 16.5. The molecule has 0 fully saturated rings. The second-order valence-corrected chi connectivity index (χ2v) is 7.95. The van der Waals surface area contributed by atoms with Gasteiger partial charge in [-0.2, -0.15) is 0 Å². The Kier molecular flexibility index (Phi) is 5.51. The van der Waals surface area contributed by atoms with E-state index in [1.165, 1.54) is 0 Å². The van der Waals surface area contributed by atoms with Gasteiger partial charge in [0.1, 0.15) is 0 Å². The summed E-state index contributed by atoms with van der Waals surface area (Å²) >= 11 is 0. The fraction of sp³-hybridized carbons (Fsp3) is 0.111. The van der Waals surface area contributed by atoms with E-state index in [9.17, 15) is 19.2 Å². The number of carbonyl (C=O) groups is 4. The molecule has 0 saturated heterocycles. The molecule has 34 heavy (non-hydrogen) atoms. The minimum atomic E-state index is -1.16. The number of rotatable bonds is 7. The number of aromatic amines is 1. The van der Waals surface area contributed by atoms with Crippen molar-refractivity contribution in [3.63, 3.8) is 0 Å². The van der Waals surface area contributed by atoms with E-state index in [2.05, 4.69) is 4.98 Å². The van der Waals surface area contributed by atoms with Crippen LogP contribution in [0.4, 0.5) is 0 Å². The number of imide groups is 1. The lowest BCUT2D eigenvalue weighted by Gasteiger charge is -2.18. The molecule has 1 N–H and O–H groups in total. The molecule has 0 radical (unpaired) electrons. The summed E-state index contributed by atoms with van der Waals surface area (Å²) in [6.07, 6.45) is 0.223. The monoisotopic (exact) mass is 452 g/mol. The number of hydrogen-bond acceptors (Lipinski definition) is 5. The van der Waals surface area contributed by atoms with Crippen LogP contribution in [-0.2, 0) is 9.53 Å². The molecule has 1 atom stereocenters. The van der Waals surface area contributed by atoms with Gasteiger partial charge < -0.3 is 9.72 Å². The third-order valence-corrected chi connectivity index (χ3v) is 5.86. The number of nitrogens with one attached hydrogen (secondary N) is 1. The molecule has 1 aliphatic rings. The van der Waals surface area contributed by atoms with Crippen LogP contribution in [0.1, 0.15) is 49.2 Å². The number of para-hydroxylation sites is 1. The Bertz CT molecular complexity index is 1390. The molecule has 0 bridgehead atoms. The number of ether oxygens (including phenoxy) is 1. The predicted octanol–water partition coefficient (Wildman–Crippen LogP) is 4.32. The molecule has 7 nitrogen and oxygen atoms in total. The molecule has 0 aliphatic carbocycles. The Labute approximate surface area is 195 Å². The Morgan fingerprint density at radius 2 is 1.44 bits per heavy atom. The van der Waals surface area contributed by atoms with Crippen LogP contribution in [0, 0.1) is 0 Å². The summed E-state index contributed by atoms with van der Waals surface area (Å²) in [5, 5.41) is 0.732. The lowest BCUT2D eigenvalue weighted by molar-refractivity contribution is -0.147. The normalized spacial score (nSPS) is 13.7. The van der Waals surface area contributed by atoms with Crippen molar-refractivity contribution in [2.45, 2.75) is 12.5 Å². The number of fused-ring (bicyclic) bond motifs is 2. The molecule has 3 aromatic carbocycles. The highest BCUT2D eigenvalue weighted by molar-refractivity contribution is 6.21. The van der Waals surface area contributed by atoms with E-state index in [0.717, 1.165) is 15.8 Å². The fourth-order valence-corrected chi connectivity index (χ4v) is 4.15. The molecule has 0 saturated carbocycles. The quantitative estimate of drug-likeness (QED) is 0.256. The molecule has 4 aromatic rings. The highest BCUT2D eigenvalue weighted by Crippen LogP contribution is 2.28. The summed E-state index contributed by atoms with van der Waals surface area (Å²) < 4.78 is 5.63. The molecule has 1 aromatic heterocycles. The molecule has 2 heterocycles. The molecule has 0 spiro atoms. The van der Waals surface area contributed by atoms with Gasteiger partial charge in [0, 0.05) is 34.8 Å². The lowest BCUT2D eigenvalue weighted by Crippen LogP contribution is -2.32. The fourth-order valence-electron chi connectivity index (χ4n) is 4.15. The highest BCUT2D eigenvalue weighted by atomic mass is 16.5. The second-order valence-electron chi connectivity index (χ2n) is 7.95. The van der Waals surface area contributed by atoms with E-state index in [4.69, 9.17) is 4.74 Å². The van der Waals surface area contributed by atoms with Gasteiger partial charge in [-0.15, -0.1) is 0 Å². The van der Waals surface area contributed by atoms with Crippen LogP contribution in [0.5, 0.6) is 0 Å². The molecule has 7 heteroatoms. The Balaban J connectivity index is 1.34. The lowest BCUT2D eigenvalue weighted by atomic mass is 9.99. The largest absolute Gasteiger partial charge is 0.449 e.